The van der Waals surface area contributed by atoms with Crippen LogP contribution in [0.2, 0.25) is 5.02 Å². The van der Waals surface area contributed by atoms with E-state index in [-0.39, 0.29) is 29.2 Å². The summed E-state index contributed by atoms with van der Waals surface area (Å²) in [6.07, 6.45) is 0.418. The van der Waals surface area contributed by atoms with Crippen molar-refractivity contribution < 1.29 is 14.5 Å². The first-order chi connectivity index (χ1) is 11.0. The monoisotopic (exact) mass is 332 g/mol. The molecule has 7 heteroatoms. The number of amides is 1. The van der Waals surface area contributed by atoms with E-state index in [9.17, 15) is 19.7 Å². The summed E-state index contributed by atoms with van der Waals surface area (Å²) in [6.45, 7) is 0. The Morgan fingerprint density at radius 1 is 1.26 bits per heavy atom. The van der Waals surface area contributed by atoms with Gasteiger partial charge in [0.05, 0.1) is 17.0 Å². The van der Waals surface area contributed by atoms with E-state index in [2.05, 4.69) is 5.32 Å². The Labute approximate surface area is 137 Å². The smallest absolute Gasteiger partial charge is 0.293 e. The number of carbonyl (C=O) groups excluding carboxylic acids is 2. The molecule has 0 aromatic heterocycles. The highest BCUT2D eigenvalue weighted by Crippen LogP contribution is 2.27. The second kappa shape index (κ2) is 7.51. The minimum absolute atomic E-state index is 0.0521. The third kappa shape index (κ3) is 4.37. The molecule has 23 heavy (non-hydrogen) atoms. The molecule has 0 aliphatic rings. The first-order valence-corrected chi connectivity index (χ1v) is 7.11. The standard InChI is InChI=1S/C16H13ClN2O4/c17-14-9-12(6-7-13(14)15(10-20)19(22)23)18-16(21)8-11-4-2-1-3-5-11/h1-7,9-10,15H,8H2,(H,18,21). The number of rotatable bonds is 6. The molecule has 1 atom stereocenters. The van der Waals surface area contributed by atoms with E-state index in [1.807, 2.05) is 30.3 Å². The number of hydrogen-bond acceptors (Lipinski definition) is 4. The molecule has 0 saturated heterocycles. The highest BCUT2D eigenvalue weighted by molar-refractivity contribution is 6.31. The van der Waals surface area contributed by atoms with Gasteiger partial charge in [0.25, 0.3) is 6.04 Å². The van der Waals surface area contributed by atoms with E-state index < -0.39 is 11.0 Å². The number of carbonyl (C=O) groups is 2. The van der Waals surface area contributed by atoms with Gasteiger partial charge in [-0.2, -0.15) is 0 Å². The van der Waals surface area contributed by atoms with Gasteiger partial charge in [0.15, 0.2) is 6.29 Å². The van der Waals surface area contributed by atoms with Gasteiger partial charge in [0.2, 0.25) is 5.91 Å². The Balaban J connectivity index is 2.10. The minimum Gasteiger partial charge on any atom is -0.326 e. The molecule has 0 fully saturated rings. The summed E-state index contributed by atoms with van der Waals surface area (Å²) >= 11 is 5.98. The van der Waals surface area contributed by atoms with E-state index >= 15 is 0 Å². The van der Waals surface area contributed by atoms with Crippen molar-refractivity contribution in [1.82, 2.24) is 0 Å². The van der Waals surface area contributed by atoms with E-state index in [4.69, 9.17) is 11.6 Å². The van der Waals surface area contributed by atoms with Gasteiger partial charge in [-0.15, -0.1) is 0 Å². The van der Waals surface area contributed by atoms with Crippen molar-refractivity contribution in [1.29, 1.82) is 0 Å². The van der Waals surface area contributed by atoms with Crippen LogP contribution < -0.4 is 5.32 Å². The Hall–Kier alpha value is -2.73. The predicted molar refractivity (Wildman–Crippen MR) is 86.0 cm³/mol. The fourth-order valence-electron chi connectivity index (χ4n) is 2.07. The van der Waals surface area contributed by atoms with Gasteiger partial charge in [-0.1, -0.05) is 41.9 Å². The molecule has 2 rings (SSSR count). The lowest BCUT2D eigenvalue weighted by Crippen LogP contribution is -2.15. The third-order valence-corrected chi connectivity index (χ3v) is 3.49. The quantitative estimate of drug-likeness (QED) is 0.500. The maximum Gasteiger partial charge on any atom is 0.293 e. The summed E-state index contributed by atoms with van der Waals surface area (Å²) in [7, 11) is 0. The second-order valence-corrected chi connectivity index (χ2v) is 5.22. The van der Waals surface area contributed by atoms with Crippen LogP contribution in [-0.4, -0.2) is 17.1 Å². The molecule has 0 radical (unpaired) electrons. The molecular formula is C16H13ClN2O4. The molecule has 0 aliphatic heterocycles. The van der Waals surface area contributed by atoms with Crippen LogP contribution >= 0.6 is 11.6 Å². The second-order valence-electron chi connectivity index (χ2n) is 4.81. The van der Waals surface area contributed by atoms with Crippen LogP contribution in [0.3, 0.4) is 0 Å². The number of nitrogens with zero attached hydrogens (tertiary/aromatic N) is 1. The number of anilines is 1. The molecule has 0 bridgehead atoms. The van der Waals surface area contributed by atoms with Gasteiger partial charge in [-0.3, -0.25) is 19.7 Å². The maximum absolute atomic E-state index is 12.0. The molecule has 118 valence electrons. The van der Waals surface area contributed by atoms with E-state index in [1.165, 1.54) is 18.2 Å². The SMILES string of the molecule is O=CC(c1ccc(NC(=O)Cc2ccccc2)cc1Cl)[N+](=O)[O-]. The predicted octanol–water partition coefficient (Wildman–Crippen LogP) is 3.04. The van der Waals surface area contributed by atoms with Gasteiger partial charge in [0.1, 0.15) is 0 Å². The van der Waals surface area contributed by atoms with E-state index in [1.54, 1.807) is 0 Å². The van der Waals surface area contributed by atoms with Crippen molar-refractivity contribution in [2.75, 3.05) is 5.32 Å². The zero-order valence-corrected chi connectivity index (χ0v) is 12.7. The average molecular weight is 333 g/mol. The lowest BCUT2D eigenvalue weighted by Gasteiger charge is -2.09. The van der Waals surface area contributed by atoms with Crippen molar-refractivity contribution in [3.8, 4) is 0 Å². The first kappa shape index (κ1) is 16.6. The van der Waals surface area contributed by atoms with Crippen LogP contribution in [0, 0.1) is 10.1 Å². The summed E-state index contributed by atoms with van der Waals surface area (Å²) in [5.74, 6) is -0.235. The van der Waals surface area contributed by atoms with Crippen molar-refractivity contribution in [3.05, 3.63) is 74.8 Å². The van der Waals surface area contributed by atoms with Gasteiger partial charge in [0, 0.05) is 10.6 Å². The summed E-state index contributed by atoms with van der Waals surface area (Å²) < 4.78 is 0. The molecule has 0 saturated carbocycles. The molecular weight excluding hydrogens is 320 g/mol. The lowest BCUT2D eigenvalue weighted by atomic mass is 10.1. The molecule has 2 aromatic rings. The number of nitrogens with one attached hydrogen (secondary N) is 1. The molecule has 6 nitrogen and oxygen atoms in total. The molecule has 0 spiro atoms. The summed E-state index contributed by atoms with van der Waals surface area (Å²) in [5.41, 5.74) is 1.36. The number of benzene rings is 2. The first-order valence-electron chi connectivity index (χ1n) is 6.73. The topological polar surface area (TPSA) is 89.3 Å². The van der Waals surface area contributed by atoms with Crippen molar-refractivity contribution in [2.45, 2.75) is 12.5 Å². The normalized spacial score (nSPS) is 11.5. The summed E-state index contributed by atoms with van der Waals surface area (Å²) in [5, 5.41) is 13.5. The number of aldehydes is 1. The van der Waals surface area contributed by atoms with Crippen LogP contribution in [0.5, 0.6) is 0 Å². The fraction of sp³-hybridized carbons (Fsp3) is 0.125. The molecule has 1 unspecified atom stereocenters. The number of nitro groups is 1. The molecule has 0 heterocycles. The third-order valence-electron chi connectivity index (χ3n) is 3.17. The Morgan fingerprint density at radius 2 is 1.96 bits per heavy atom. The zero-order chi connectivity index (χ0) is 16.8. The van der Waals surface area contributed by atoms with Gasteiger partial charge in [-0.05, 0) is 23.8 Å². The van der Waals surface area contributed by atoms with Crippen molar-refractivity contribution in [2.24, 2.45) is 0 Å². The van der Waals surface area contributed by atoms with Crippen molar-refractivity contribution >= 4 is 29.5 Å². The highest BCUT2D eigenvalue weighted by atomic mass is 35.5. The van der Waals surface area contributed by atoms with Gasteiger partial charge < -0.3 is 5.32 Å². The molecule has 1 amide bonds. The van der Waals surface area contributed by atoms with Gasteiger partial charge >= 0.3 is 0 Å². The van der Waals surface area contributed by atoms with Crippen molar-refractivity contribution in [3.63, 3.8) is 0 Å². The minimum atomic E-state index is -1.52. The lowest BCUT2D eigenvalue weighted by molar-refractivity contribution is -0.511. The maximum atomic E-state index is 12.0. The largest absolute Gasteiger partial charge is 0.326 e. The van der Waals surface area contributed by atoms with Crippen LogP contribution in [0.15, 0.2) is 48.5 Å². The Kier molecular flexibility index (Phi) is 5.43. The fourth-order valence-corrected chi connectivity index (χ4v) is 2.36. The highest BCUT2D eigenvalue weighted by Gasteiger charge is 2.24. The summed E-state index contributed by atoms with van der Waals surface area (Å²) in [6, 6.07) is 11.9. The van der Waals surface area contributed by atoms with Crippen LogP contribution in [-0.2, 0) is 16.0 Å². The average Bonchev–Trinajstić information content (AvgIpc) is 2.50. The molecule has 2 aromatic carbocycles. The van der Waals surface area contributed by atoms with Crippen LogP contribution in [0.1, 0.15) is 17.2 Å². The summed E-state index contributed by atoms with van der Waals surface area (Å²) in [4.78, 5) is 32.8. The molecule has 0 aliphatic carbocycles. The van der Waals surface area contributed by atoms with E-state index in [0.717, 1.165) is 5.56 Å². The molecule has 1 N–H and O–H groups in total. The zero-order valence-electron chi connectivity index (χ0n) is 11.9. The number of halogens is 1. The van der Waals surface area contributed by atoms with Crippen LogP contribution in [0.25, 0.3) is 0 Å². The number of hydrogen-bond donors (Lipinski definition) is 1. The Bertz CT molecular complexity index is 734. The van der Waals surface area contributed by atoms with E-state index in [0.29, 0.717) is 5.69 Å². The van der Waals surface area contributed by atoms with Gasteiger partial charge in [-0.25, -0.2) is 0 Å². The van der Waals surface area contributed by atoms with Crippen LogP contribution in [0.4, 0.5) is 5.69 Å². The Morgan fingerprint density at radius 3 is 2.52 bits per heavy atom.